The number of anilines is 2. The third kappa shape index (κ3) is 4.70. The first-order valence-corrected chi connectivity index (χ1v) is 9.35. The van der Waals surface area contributed by atoms with E-state index in [1.165, 1.54) is 12.1 Å². The maximum atomic E-state index is 13.1. The minimum absolute atomic E-state index is 0.208. The van der Waals surface area contributed by atoms with E-state index >= 15 is 0 Å². The van der Waals surface area contributed by atoms with Crippen molar-refractivity contribution < 1.29 is 13.6 Å². The van der Waals surface area contributed by atoms with Gasteiger partial charge in [-0.25, -0.2) is 14.4 Å². The van der Waals surface area contributed by atoms with E-state index < -0.39 is 0 Å². The third-order valence-electron chi connectivity index (χ3n) is 4.43. The molecule has 0 unspecified atom stereocenters. The molecule has 0 bridgehead atoms. The van der Waals surface area contributed by atoms with Crippen molar-refractivity contribution in [3.63, 3.8) is 0 Å². The molecule has 0 fully saturated rings. The Labute approximate surface area is 172 Å². The summed E-state index contributed by atoms with van der Waals surface area (Å²) < 4.78 is 18.5. The van der Waals surface area contributed by atoms with Gasteiger partial charge in [-0.2, -0.15) is 0 Å². The van der Waals surface area contributed by atoms with Crippen molar-refractivity contribution in [2.45, 2.75) is 13.5 Å². The summed E-state index contributed by atoms with van der Waals surface area (Å²) in [4.78, 5) is 21.0. The van der Waals surface area contributed by atoms with Crippen molar-refractivity contribution in [3.05, 3.63) is 96.0 Å². The highest BCUT2D eigenvalue weighted by atomic mass is 19.1. The van der Waals surface area contributed by atoms with Crippen LogP contribution in [-0.2, 0) is 6.54 Å². The zero-order valence-corrected chi connectivity index (χ0v) is 16.2. The van der Waals surface area contributed by atoms with Gasteiger partial charge in [0, 0.05) is 29.2 Å². The van der Waals surface area contributed by atoms with Crippen LogP contribution in [-0.4, -0.2) is 15.9 Å². The Morgan fingerprint density at radius 3 is 2.47 bits per heavy atom. The largest absolute Gasteiger partial charge is 0.465 e. The molecule has 2 heterocycles. The number of nitrogens with one attached hydrogen (secondary N) is 2. The second-order valence-electron chi connectivity index (χ2n) is 6.70. The molecule has 7 heteroatoms. The second kappa shape index (κ2) is 8.57. The summed E-state index contributed by atoms with van der Waals surface area (Å²) in [6.07, 6.45) is 3.31. The van der Waals surface area contributed by atoms with Gasteiger partial charge in [0.05, 0.1) is 6.54 Å². The molecule has 0 spiro atoms. The molecule has 0 aliphatic carbocycles. The van der Waals surface area contributed by atoms with Crippen molar-refractivity contribution in [2.24, 2.45) is 0 Å². The molecule has 0 radical (unpaired) electrons. The summed E-state index contributed by atoms with van der Waals surface area (Å²) >= 11 is 0. The fourth-order valence-corrected chi connectivity index (χ4v) is 2.90. The van der Waals surface area contributed by atoms with E-state index in [2.05, 4.69) is 20.6 Å². The molecule has 1 amide bonds. The number of hydrogen-bond acceptors (Lipinski definition) is 5. The van der Waals surface area contributed by atoms with Gasteiger partial charge in [-0.1, -0.05) is 18.2 Å². The Morgan fingerprint density at radius 1 is 1.00 bits per heavy atom. The lowest BCUT2D eigenvalue weighted by Gasteiger charge is -2.08. The van der Waals surface area contributed by atoms with Crippen LogP contribution in [0.3, 0.4) is 0 Å². The molecule has 150 valence electrons. The zero-order chi connectivity index (χ0) is 20.9. The Hall–Kier alpha value is -4.00. The minimum Gasteiger partial charge on any atom is -0.465 e. The van der Waals surface area contributed by atoms with Crippen molar-refractivity contribution in [1.29, 1.82) is 0 Å². The Balaban J connectivity index is 1.41. The zero-order valence-electron chi connectivity index (χ0n) is 16.2. The van der Waals surface area contributed by atoms with E-state index in [1.54, 1.807) is 42.7 Å². The summed E-state index contributed by atoms with van der Waals surface area (Å²) in [6.45, 7) is 2.17. The number of aromatic nitrogens is 2. The Morgan fingerprint density at radius 2 is 1.77 bits per heavy atom. The average Bonchev–Trinajstić information content (AvgIpc) is 3.18. The molecule has 0 atom stereocenters. The second-order valence-corrected chi connectivity index (χ2v) is 6.70. The smallest absolute Gasteiger partial charge is 0.251 e. The molecule has 0 saturated heterocycles. The van der Waals surface area contributed by atoms with E-state index in [0.29, 0.717) is 29.5 Å². The number of carbonyl (C=O) groups excluding carboxylic acids is 1. The lowest BCUT2D eigenvalue weighted by atomic mass is 10.1. The Bertz CT molecular complexity index is 1150. The standard InChI is InChI=1S/C23H19FN4O2/c1-15-5-10-21(30-15)14-25-22(29)17-3-2-4-20(11-17)28-23-26-12-18(13-27-23)16-6-8-19(24)9-7-16/h2-13H,14H2,1H3,(H,25,29)(H,26,27,28). The first-order valence-electron chi connectivity index (χ1n) is 9.35. The highest BCUT2D eigenvalue weighted by Crippen LogP contribution is 2.20. The van der Waals surface area contributed by atoms with E-state index in [1.807, 2.05) is 25.1 Å². The third-order valence-corrected chi connectivity index (χ3v) is 4.43. The van der Waals surface area contributed by atoms with Crippen LogP contribution in [0.5, 0.6) is 0 Å². The summed E-state index contributed by atoms with van der Waals surface area (Å²) in [6, 6.07) is 16.9. The highest BCUT2D eigenvalue weighted by molar-refractivity contribution is 5.95. The molecule has 30 heavy (non-hydrogen) atoms. The highest BCUT2D eigenvalue weighted by Gasteiger charge is 2.08. The number of halogens is 1. The van der Waals surface area contributed by atoms with E-state index in [9.17, 15) is 9.18 Å². The van der Waals surface area contributed by atoms with Crippen LogP contribution in [0.1, 0.15) is 21.9 Å². The molecule has 2 aromatic carbocycles. The van der Waals surface area contributed by atoms with Gasteiger partial charge >= 0.3 is 0 Å². The van der Waals surface area contributed by atoms with Crippen LogP contribution >= 0.6 is 0 Å². The number of nitrogens with zero attached hydrogens (tertiary/aromatic N) is 2. The van der Waals surface area contributed by atoms with Crippen molar-refractivity contribution in [3.8, 4) is 11.1 Å². The topological polar surface area (TPSA) is 80.0 Å². The van der Waals surface area contributed by atoms with E-state index in [-0.39, 0.29) is 11.7 Å². The molecular weight excluding hydrogens is 383 g/mol. The number of aryl methyl sites for hydroxylation is 1. The lowest BCUT2D eigenvalue weighted by Crippen LogP contribution is -2.22. The van der Waals surface area contributed by atoms with Gasteiger partial charge in [0.1, 0.15) is 17.3 Å². The molecule has 0 aliphatic rings. The SMILES string of the molecule is Cc1ccc(CNC(=O)c2cccc(Nc3ncc(-c4ccc(F)cc4)cn3)c2)o1. The summed E-state index contributed by atoms with van der Waals surface area (Å²) in [5, 5.41) is 5.91. The number of amides is 1. The Kier molecular flexibility index (Phi) is 5.52. The first kappa shape index (κ1) is 19.3. The minimum atomic E-state index is -0.291. The molecule has 4 rings (SSSR count). The van der Waals surface area contributed by atoms with Gasteiger partial charge in [-0.05, 0) is 55.0 Å². The molecule has 2 aromatic heterocycles. The maximum absolute atomic E-state index is 13.1. The normalized spacial score (nSPS) is 10.6. The predicted molar refractivity (Wildman–Crippen MR) is 112 cm³/mol. The van der Waals surface area contributed by atoms with Gasteiger partial charge in [-0.3, -0.25) is 4.79 Å². The quantitative estimate of drug-likeness (QED) is 0.482. The number of hydrogen-bond donors (Lipinski definition) is 2. The number of furan rings is 1. The fourth-order valence-electron chi connectivity index (χ4n) is 2.90. The van der Waals surface area contributed by atoms with Crippen LogP contribution in [0.15, 0.2) is 77.5 Å². The molecular formula is C23H19FN4O2. The lowest BCUT2D eigenvalue weighted by molar-refractivity contribution is 0.0948. The molecule has 6 nitrogen and oxygen atoms in total. The number of carbonyl (C=O) groups is 1. The van der Waals surface area contributed by atoms with Crippen molar-refractivity contribution in [1.82, 2.24) is 15.3 Å². The number of rotatable bonds is 6. The van der Waals surface area contributed by atoms with Gasteiger partial charge in [0.15, 0.2) is 0 Å². The van der Waals surface area contributed by atoms with Crippen molar-refractivity contribution in [2.75, 3.05) is 5.32 Å². The molecule has 0 saturated carbocycles. The van der Waals surface area contributed by atoms with E-state index in [0.717, 1.165) is 16.9 Å². The maximum Gasteiger partial charge on any atom is 0.251 e. The van der Waals surface area contributed by atoms with Crippen LogP contribution in [0.2, 0.25) is 0 Å². The van der Waals surface area contributed by atoms with E-state index in [4.69, 9.17) is 4.42 Å². The predicted octanol–water partition coefficient (Wildman–Crippen LogP) is 4.86. The molecule has 2 N–H and O–H groups in total. The number of benzene rings is 2. The monoisotopic (exact) mass is 402 g/mol. The van der Waals surface area contributed by atoms with Gasteiger partial charge in [-0.15, -0.1) is 0 Å². The molecule has 4 aromatic rings. The fraction of sp³-hybridized carbons (Fsp3) is 0.0870. The molecule has 0 aliphatic heterocycles. The van der Waals surface area contributed by atoms with Crippen LogP contribution in [0.4, 0.5) is 16.0 Å². The van der Waals surface area contributed by atoms with Gasteiger partial charge in [0.25, 0.3) is 5.91 Å². The summed E-state index contributed by atoms with van der Waals surface area (Å²) in [5.74, 6) is 1.39. The van der Waals surface area contributed by atoms with Crippen LogP contribution in [0, 0.1) is 12.7 Å². The van der Waals surface area contributed by atoms with Crippen molar-refractivity contribution >= 4 is 17.5 Å². The summed E-state index contributed by atoms with van der Waals surface area (Å²) in [7, 11) is 0. The van der Waals surface area contributed by atoms with Crippen LogP contribution in [0.25, 0.3) is 11.1 Å². The van der Waals surface area contributed by atoms with Gasteiger partial charge in [0.2, 0.25) is 5.95 Å². The van der Waals surface area contributed by atoms with Gasteiger partial charge < -0.3 is 15.1 Å². The average molecular weight is 402 g/mol. The summed E-state index contributed by atoms with van der Waals surface area (Å²) in [5.41, 5.74) is 2.80. The van der Waals surface area contributed by atoms with Crippen LogP contribution < -0.4 is 10.6 Å². The first-order chi connectivity index (χ1) is 14.6.